The molecule has 1 aliphatic carbocycles. The average molecular weight is 180 g/mol. The van der Waals surface area contributed by atoms with Gasteiger partial charge in [0.25, 0.3) is 0 Å². The van der Waals surface area contributed by atoms with Gasteiger partial charge in [0.2, 0.25) is 11.6 Å². The molecule has 0 unspecified atom stereocenters. The first-order chi connectivity index (χ1) is 6.02. The molecule has 0 bridgehead atoms. The zero-order valence-corrected chi connectivity index (χ0v) is 7.79. The fourth-order valence-electron chi connectivity index (χ4n) is 1.30. The van der Waals surface area contributed by atoms with Gasteiger partial charge in [-0.3, -0.25) is 14.4 Å². The number of carbonyl (C=O) groups is 3. The summed E-state index contributed by atoms with van der Waals surface area (Å²) in [5.41, 5.74) is 1.06. The van der Waals surface area contributed by atoms with E-state index < -0.39 is 17.5 Å². The fourth-order valence-corrected chi connectivity index (χ4v) is 1.30. The van der Waals surface area contributed by atoms with Crippen LogP contribution >= 0.6 is 0 Å². The number of hydrogen-bond donors (Lipinski definition) is 0. The van der Waals surface area contributed by atoms with Gasteiger partial charge in [-0.15, -0.1) is 0 Å². The molecule has 1 saturated carbocycles. The van der Waals surface area contributed by atoms with Crippen molar-refractivity contribution in [2.24, 2.45) is 5.92 Å². The Balaban J connectivity index is 2.70. The third-order valence-corrected chi connectivity index (χ3v) is 2.08. The average Bonchev–Trinajstić information content (AvgIpc) is 2.24. The molecule has 0 N–H and O–H groups in total. The Morgan fingerprint density at radius 3 is 2.38 bits per heavy atom. The van der Waals surface area contributed by atoms with Crippen LogP contribution in [0.5, 0.6) is 0 Å². The van der Waals surface area contributed by atoms with E-state index in [1.54, 1.807) is 0 Å². The lowest BCUT2D eigenvalue weighted by atomic mass is 10.0. The van der Waals surface area contributed by atoms with E-state index in [1.807, 2.05) is 19.9 Å². The Hall–Kier alpha value is -1.25. The Labute approximate surface area is 76.8 Å². The van der Waals surface area contributed by atoms with Gasteiger partial charge in [0, 0.05) is 0 Å². The Morgan fingerprint density at radius 1 is 1.38 bits per heavy atom. The number of allylic oxidation sites excluding steroid dienone is 2. The van der Waals surface area contributed by atoms with Crippen molar-refractivity contribution in [3.8, 4) is 0 Å². The van der Waals surface area contributed by atoms with Crippen molar-refractivity contribution in [1.82, 2.24) is 0 Å². The fraction of sp³-hybridized carbons (Fsp3) is 0.500. The maximum Gasteiger partial charge on any atom is 0.209 e. The summed E-state index contributed by atoms with van der Waals surface area (Å²) in [6, 6.07) is 0. The molecule has 3 heteroatoms. The first kappa shape index (κ1) is 9.84. The molecule has 0 aromatic rings. The van der Waals surface area contributed by atoms with Crippen molar-refractivity contribution in [3.63, 3.8) is 0 Å². The normalized spacial score (nSPS) is 22.3. The van der Waals surface area contributed by atoms with Gasteiger partial charge in [-0.2, -0.15) is 0 Å². The van der Waals surface area contributed by atoms with Crippen LogP contribution in [0.4, 0.5) is 0 Å². The number of Topliss-reactive ketones (excluding diaryl/α,β-unsaturated/α-hetero) is 3. The lowest BCUT2D eigenvalue weighted by molar-refractivity contribution is -0.135. The first-order valence-electron chi connectivity index (χ1n) is 4.25. The molecule has 0 radical (unpaired) electrons. The van der Waals surface area contributed by atoms with Crippen LogP contribution in [0.2, 0.25) is 0 Å². The Kier molecular flexibility index (Phi) is 2.76. The van der Waals surface area contributed by atoms with Gasteiger partial charge in [0.1, 0.15) is 0 Å². The minimum atomic E-state index is -0.692. The molecular formula is C10H12O3. The molecule has 1 aliphatic rings. The van der Waals surface area contributed by atoms with Gasteiger partial charge in [-0.25, -0.2) is 0 Å². The second kappa shape index (κ2) is 3.64. The van der Waals surface area contributed by atoms with Crippen molar-refractivity contribution in [2.45, 2.75) is 26.7 Å². The highest BCUT2D eigenvalue weighted by atomic mass is 16.2. The quantitative estimate of drug-likeness (QED) is 0.363. The summed E-state index contributed by atoms with van der Waals surface area (Å²) in [5.74, 6) is -1.96. The topological polar surface area (TPSA) is 51.2 Å². The monoisotopic (exact) mass is 180 g/mol. The molecule has 0 spiro atoms. The zero-order valence-electron chi connectivity index (χ0n) is 7.79. The van der Waals surface area contributed by atoms with Crippen molar-refractivity contribution in [3.05, 3.63) is 11.6 Å². The van der Waals surface area contributed by atoms with Crippen LogP contribution in [-0.2, 0) is 14.4 Å². The number of ketones is 3. The standard InChI is InChI=1S/C10H12O3/c1-6(2)3-4-7-8(11)5-9(12)10(7)13/h3,7H,4-5H2,1-2H3/t7-/m1/s1. The van der Waals surface area contributed by atoms with Crippen molar-refractivity contribution >= 4 is 17.3 Å². The van der Waals surface area contributed by atoms with Crippen LogP contribution in [0.1, 0.15) is 26.7 Å². The first-order valence-corrected chi connectivity index (χ1v) is 4.25. The molecule has 0 aliphatic heterocycles. The number of carbonyl (C=O) groups excluding carboxylic acids is 3. The lowest BCUT2D eigenvalue weighted by Gasteiger charge is -2.00. The van der Waals surface area contributed by atoms with Gasteiger partial charge >= 0.3 is 0 Å². The van der Waals surface area contributed by atoms with Crippen molar-refractivity contribution < 1.29 is 14.4 Å². The number of rotatable bonds is 2. The second-order valence-corrected chi connectivity index (χ2v) is 3.50. The molecule has 13 heavy (non-hydrogen) atoms. The molecular weight excluding hydrogens is 168 g/mol. The van der Waals surface area contributed by atoms with Crippen LogP contribution in [0.3, 0.4) is 0 Å². The molecule has 0 saturated heterocycles. The summed E-state index contributed by atoms with van der Waals surface area (Å²) in [7, 11) is 0. The maximum atomic E-state index is 11.1. The minimum Gasteiger partial charge on any atom is -0.298 e. The summed E-state index contributed by atoms with van der Waals surface area (Å²) in [6.07, 6.45) is 2.00. The summed E-state index contributed by atoms with van der Waals surface area (Å²) in [5, 5.41) is 0. The van der Waals surface area contributed by atoms with E-state index in [1.165, 1.54) is 0 Å². The molecule has 0 heterocycles. The highest BCUT2D eigenvalue weighted by Gasteiger charge is 2.38. The van der Waals surface area contributed by atoms with E-state index in [0.29, 0.717) is 6.42 Å². The predicted octanol–water partition coefficient (Wildman–Crippen LogP) is 1.07. The van der Waals surface area contributed by atoms with Crippen LogP contribution in [0, 0.1) is 5.92 Å². The smallest absolute Gasteiger partial charge is 0.209 e. The van der Waals surface area contributed by atoms with Gasteiger partial charge < -0.3 is 0 Å². The molecule has 1 atom stereocenters. The highest BCUT2D eigenvalue weighted by Crippen LogP contribution is 2.19. The summed E-state index contributed by atoms with van der Waals surface area (Å²) >= 11 is 0. The predicted molar refractivity (Wildman–Crippen MR) is 47.2 cm³/mol. The van der Waals surface area contributed by atoms with Gasteiger partial charge in [0.15, 0.2) is 5.78 Å². The van der Waals surface area contributed by atoms with Gasteiger partial charge in [-0.05, 0) is 20.3 Å². The summed E-state index contributed by atoms with van der Waals surface area (Å²) in [6.45, 7) is 3.79. The van der Waals surface area contributed by atoms with Gasteiger partial charge in [0.05, 0.1) is 12.3 Å². The van der Waals surface area contributed by atoms with Crippen LogP contribution in [0.15, 0.2) is 11.6 Å². The van der Waals surface area contributed by atoms with Crippen molar-refractivity contribution in [1.29, 1.82) is 0 Å². The van der Waals surface area contributed by atoms with Crippen molar-refractivity contribution in [2.75, 3.05) is 0 Å². The van der Waals surface area contributed by atoms with E-state index in [-0.39, 0.29) is 12.2 Å². The highest BCUT2D eigenvalue weighted by molar-refractivity contribution is 6.49. The lowest BCUT2D eigenvalue weighted by Crippen LogP contribution is -2.16. The van der Waals surface area contributed by atoms with E-state index in [2.05, 4.69) is 0 Å². The molecule has 70 valence electrons. The van der Waals surface area contributed by atoms with E-state index in [4.69, 9.17) is 0 Å². The molecule has 1 rings (SSSR count). The van der Waals surface area contributed by atoms with Crippen LogP contribution in [-0.4, -0.2) is 17.3 Å². The van der Waals surface area contributed by atoms with E-state index in [0.717, 1.165) is 5.57 Å². The SMILES string of the molecule is CC(C)=CC[C@@H]1C(=O)CC(=O)C1=O. The van der Waals surface area contributed by atoms with Crippen LogP contribution < -0.4 is 0 Å². The molecule has 3 nitrogen and oxygen atoms in total. The summed E-state index contributed by atoms with van der Waals surface area (Å²) in [4.78, 5) is 33.1. The van der Waals surface area contributed by atoms with E-state index >= 15 is 0 Å². The minimum absolute atomic E-state index is 0.194. The second-order valence-electron chi connectivity index (χ2n) is 3.50. The van der Waals surface area contributed by atoms with Gasteiger partial charge in [-0.1, -0.05) is 11.6 Å². The number of hydrogen-bond acceptors (Lipinski definition) is 3. The van der Waals surface area contributed by atoms with E-state index in [9.17, 15) is 14.4 Å². The Bertz CT molecular complexity index is 295. The molecule has 0 amide bonds. The summed E-state index contributed by atoms with van der Waals surface area (Å²) < 4.78 is 0. The third kappa shape index (κ3) is 2.11. The van der Waals surface area contributed by atoms with Crippen LogP contribution in [0.25, 0.3) is 0 Å². The Morgan fingerprint density at radius 2 is 2.00 bits per heavy atom. The largest absolute Gasteiger partial charge is 0.298 e. The zero-order chi connectivity index (χ0) is 10.0. The molecule has 0 aromatic heterocycles. The molecule has 0 aromatic carbocycles. The third-order valence-electron chi connectivity index (χ3n) is 2.08. The maximum absolute atomic E-state index is 11.1. The molecule has 1 fully saturated rings.